The predicted molar refractivity (Wildman–Crippen MR) is 143 cm³/mol. The van der Waals surface area contributed by atoms with Crippen molar-refractivity contribution in [2.45, 2.75) is 85.9 Å². The highest BCUT2D eigenvalue weighted by Gasteiger charge is 2.38. The van der Waals surface area contributed by atoms with E-state index in [1.165, 1.54) is 4.90 Å². The largest absolute Gasteiger partial charge is 0.466 e. The summed E-state index contributed by atoms with van der Waals surface area (Å²) < 4.78 is 10.3. The van der Waals surface area contributed by atoms with Gasteiger partial charge in [-0.25, -0.2) is 4.79 Å². The van der Waals surface area contributed by atoms with Crippen molar-refractivity contribution in [3.05, 3.63) is 34.9 Å². The van der Waals surface area contributed by atoms with Crippen LogP contribution < -0.4 is 10.6 Å². The van der Waals surface area contributed by atoms with Gasteiger partial charge in [0.15, 0.2) is 0 Å². The van der Waals surface area contributed by atoms with Gasteiger partial charge in [0.25, 0.3) is 0 Å². The van der Waals surface area contributed by atoms with Crippen molar-refractivity contribution in [1.29, 1.82) is 5.26 Å². The molecule has 3 atom stereocenters. The highest BCUT2D eigenvalue weighted by Crippen LogP contribution is 2.27. The molecule has 0 fully saturated rings. The second-order valence-corrected chi connectivity index (χ2v) is 10.2. The van der Waals surface area contributed by atoms with Crippen molar-refractivity contribution < 1.29 is 28.7 Å². The summed E-state index contributed by atoms with van der Waals surface area (Å²) in [6.07, 6.45) is -0.261. The first-order chi connectivity index (χ1) is 17.7. The van der Waals surface area contributed by atoms with Gasteiger partial charge in [-0.1, -0.05) is 44.0 Å². The number of carbonyl (C=O) groups excluding carboxylic acids is 4. The van der Waals surface area contributed by atoms with E-state index in [9.17, 15) is 24.4 Å². The molecule has 3 unspecified atom stereocenters. The van der Waals surface area contributed by atoms with Gasteiger partial charge in [0.05, 0.1) is 19.1 Å². The number of benzene rings is 1. The molecule has 10 nitrogen and oxygen atoms in total. The number of ether oxygens (including phenoxy) is 2. The first-order valence-electron chi connectivity index (χ1n) is 12.9. The second kappa shape index (κ2) is 15.0. The Kier molecular flexibility index (Phi) is 12.8. The number of esters is 1. The maximum Gasteiger partial charge on any atom is 0.408 e. The third-order valence-corrected chi connectivity index (χ3v) is 5.90. The number of amides is 3. The summed E-state index contributed by atoms with van der Waals surface area (Å²) in [7, 11) is 0. The molecule has 0 heterocycles. The van der Waals surface area contributed by atoms with Gasteiger partial charge in [-0.15, -0.1) is 0 Å². The lowest BCUT2D eigenvalue weighted by molar-refractivity contribution is -0.144. The van der Waals surface area contributed by atoms with Crippen LogP contribution in [0, 0.1) is 31.1 Å². The van der Waals surface area contributed by atoms with E-state index in [1.54, 1.807) is 40.7 Å². The Hall–Kier alpha value is -3.61. The van der Waals surface area contributed by atoms with E-state index >= 15 is 0 Å². The molecule has 10 heteroatoms. The van der Waals surface area contributed by atoms with Crippen LogP contribution in [0.15, 0.2) is 18.2 Å². The van der Waals surface area contributed by atoms with Crippen LogP contribution in [0.3, 0.4) is 0 Å². The molecule has 0 radical (unpaired) electrons. The zero-order chi connectivity index (χ0) is 29.0. The Morgan fingerprint density at radius 1 is 1.13 bits per heavy atom. The summed E-state index contributed by atoms with van der Waals surface area (Å²) in [6, 6.07) is 5.30. The summed E-state index contributed by atoms with van der Waals surface area (Å²) in [6.45, 7) is 14.0. The minimum absolute atomic E-state index is 0.00142. The standard InChI is InChI=1S/C28H42N4O6/c1-9-19(4)23(31-27(36)38-28(6,7)8)26(35)32(16-14-29)24(21-17-18(3)11-12-20(21)5)25(34)30-15-13-22(33)37-10-2/h11-12,17,19,23-24H,9-10,13,15-16H2,1-8H3,(H,30,34)(H,31,36). The van der Waals surface area contributed by atoms with Crippen molar-refractivity contribution in [3.63, 3.8) is 0 Å². The molecule has 0 aliphatic heterocycles. The Morgan fingerprint density at radius 3 is 2.34 bits per heavy atom. The first-order valence-corrected chi connectivity index (χ1v) is 12.9. The molecule has 2 N–H and O–H groups in total. The van der Waals surface area contributed by atoms with Crippen LogP contribution in [-0.4, -0.2) is 60.1 Å². The fraction of sp³-hybridized carbons (Fsp3) is 0.607. The van der Waals surface area contributed by atoms with Crippen LogP contribution in [0.5, 0.6) is 0 Å². The molecular formula is C28H42N4O6. The van der Waals surface area contributed by atoms with Crippen LogP contribution in [0.1, 0.15) is 77.1 Å². The Labute approximate surface area is 226 Å². The molecule has 0 bridgehead atoms. The van der Waals surface area contributed by atoms with E-state index in [0.29, 0.717) is 12.0 Å². The van der Waals surface area contributed by atoms with E-state index in [1.807, 2.05) is 39.0 Å². The van der Waals surface area contributed by atoms with Crippen molar-refractivity contribution in [2.24, 2.45) is 5.92 Å². The minimum Gasteiger partial charge on any atom is -0.466 e. The van der Waals surface area contributed by atoms with E-state index in [0.717, 1.165) is 11.1 Å². The number of nitrogens with one attached hydrogen (secondary N) is 2. The summed E-state index contributed by atoms with van der Waals surface area (Å²) in [5.41, 5.74) is 1.38. The van der Waals surface area contributed by atoms with Crippen LogP contribution >= 0.6 is 0 Å². The zero-order valence-electron chi connectivity index (χ0n) is 23.8. The van der Waals surface area contributed by atoms with Gasteiger partial charge in [-0.2, -0.15) is 5.26 Å². The Morgan fingerprint density at radius 2 is 1.79 bits per heavy atom. The van der Waals surface area contributed by atoms with Crippen molar-refractivity contribution >= 4 is 23.9 Å². The lowest BCUT2D eigenvalue weighted by atomic mass is 9.93. The molecule has 1 aromatic carbocycles. The van der Waals surface area contributed by atoms with E-state index < -0.39 is 48.1 Å². The third kappa shape index (κ3) is 10.0. The fourth-order valence-electron chi connectivity index (χ4n) is 3.79. The van der Waals surface area contributed by atoms with Crippen LogP contribution in [0.2, 0.25) is 0 Å². The molecule has 210 valence electrons. The number of hydrogen-bond donors (Lipinski definition) is 2. The number of hydrogen-bond acceptors (Lipinski definition) is 7. The SMILES string of the molecule is CCOC(=O)CCNC(=O)C(c1cc(C)ccc1C)N(CC#N)C(=O)C(NC(=O)OC(C)(C)C)C(C)CC. The molecule has 0 aliphatic rings. The van der Waals surface area contributed by atoms with Crippen molar-refractivity contribution in [3.8, 4) is 6.07 Å². The fourth-order valence-corrected chi connectivity index (χ4v) is 3.79. The molecule has 38 heavy (non-hydrogen) atoms. The van der Waals surface area contributed by atoms with Gasteiger partial charge >= 0.3 is 12.1 Å². The van der Waals surface area contributed by atoms with Gasteiger partial charge in [0, 0.05) is 6.54 Å². The summed E-state index contributed by atoms with van der Waals surface area (Å²) >= 11 is 0. The number of alkyl carbamates (subject to hydrolysis) is 1. The predicted octanol–water partition coefficient (Wildman–Crippen LogP) is 3.71. The smallest absolute Gasteiger partial charge is 0.408 e. The van der Waals surface area contributed by atoms with Crippen LogP contribution in [0.4, 0.5) is 4.79 Å². The molecular weight excluding hydrogens is 488 g/mol. The number of carbonyl (C=O) groups is 4. The van der Waals surface area contributed by atoms with Gasteiger partial charge in [0.2, 0.25) is 11.8 Å². The lowest BCUT2D eigenvalue weighted by Gasteiger charge is -2.35. The number of aryl methyl sites for hydroxylation is 2. The highest BCUT2D eigenvalue weighted by molar-refractivity contribution is 5.92. The average molecular weight is 531 g/mol. The maximum atomic E-state index is 14.0. The van der Waals surface area contributed by atoms with Crippen LogP contribution in [0.25, 0.3) is 0 Å². The Balaban J connectivity index is 3.47. The maximum absolute atomic E-state index is 14.0. The number of rotatable bonds is 12. The number of nitriles is 1. The summed E-state index contributed by atoms with van der Waals surface area (Å²) in [5.74, 6) is -1.91. The van der Waals surface area contributed by atoms with Gasteiger partial charge in [-0.05, 0) is 58.6 Å². The van der Waals surface area contributed by atoms with Gasteiger partial charge in [0.1, 0.15) is 24.2 Å². The Bertz CT molecular complexity index is 1030. The van der Waals surface area contributed by atoms with E-state index in [2.05, 4.69) is 10.6 Å². The summed E-state index contributed by atoms with van der Waals surface area (Å²) in [5, 5.41) is 15.0. The minimum atomic E-state index is -1.17. The average Bonchev–Trinajstić information content (AvgIpc) is 2.82. The molecule has 0 saturated carbocycles. The highest BCUT2D eigenvalue weighted by atomic mass is 16.6. The zero-order valence-corrected chi connectivity index (χ0v) is 23.8. The molecule has 1 aromatic rings. The monoisotopic (exact) mass is 530 g/mol. The normalized spacial score (nSPS) is 13.3. The van der Waals surface area contributed by atoms with Gasteiger partial charge in [-0.3, -0.25) is 14.4 Å². The molecule has 0 saturated heterocycles. The molecule has 1 rings (SSSR count). The quantitative estimate of drug-likeness (QED) is 0.310. The van der Waals surface area contributed by atoms with E-state index in [4.69, 9.17) is 9.47 Å². The van der Waals surface area contributed by atoms with Crippen molar-refractivity contribution in [2.75, 3.05) is 19.7 Å². The van der Waals surface area contributed by atoms with Crippen molar-refractivity contribution in [1.82, 2.24) is 15.5 Å². The van der Waals surface area contributed by atoms with Gasteiger partial charge < -0.3 is 25.0 Å². The molecule has 0 aromatic heterocycles. The molecule has 3 amide bonds. The summed E-state index contributed by atoms with van der Waals surface area (Å²) in [4.78, 5) is 53.1. The number of nitrogens with zero attached hydrogens (tertiary/aromatic N) is 2. The third-order valence-electron chi connectivity index (χ3n) is 5.90. The first kappa shape index (κ1) is 32.4. The lowest BCUT2D eigenvalue weighted by Crippen LogP contribution is -2.55. The molecule has 0 spiro atoms. The van der Waals surface area contributed by atoms with Crippen LogP contribution in [-0.2, 0) is 23.9 Å². The second-order valence-electron chi connectivity index (χ2n) is 10.2. The van der Waals surface area contributed by atoms with E-state index in [-0.39, 0.29) is 25.5 Å². The topological polar surface area (TPSA) is 138 Å². The molecule has 0 aliphatic carbocycles.